The third-order valence-electron chi connectivity index (χ3n) is 4.64. The molecular weight excluding hydrogens is 412 g/mol. The first-order chi connectivity index (χ1) is 15.5. The van der Waals surface area contributed by atoms with Gasteiger partial charge in [-0.05, 0) is 60.7 Å². The van der Waals surface area contributed by atoms with Crippen molar-refractivity contribution >= 4 is 29.2 Å². The van der Waals surface area contributed by atoms with E-state index < -0.39 is 11.9 Å². The van der Waals surface area contributed by atoms with Crippen LogP contribution in [0.3, 0.4) is 0 Å². The largest absolute Gasteiger partial charge is 0.497 e. The second-order valence-electron chi connectivity index (χ2n) is 6.55. The van der Waals surface area contributed by atoms with E-state index in [2.05, 4.69) is 5.32 Å². The minimum Gasteiger partial charge on any atom is -0.497 e. The summed E-state index contributed by atoms with van der Waals surface area (Å²) in [6, 6.07) is 13.5. The molecule has 3 rings (SSSR count). The number of allylic oxidation sites excluding steroid dienone is 2. The first-order valence-electron chi connectivity index (χ1n) is 9.59. The van der Waals surface area contributed by atoms with Crippen LogP contribution in [-0.4, -0.2) is 39.2 Å². The molecule has 0 spiro atoms. The zero-order valence-corrected chi connectivity index (χ0v) is 17.8. The summed E-state index contributed by atoms with van der Waals surface area (Å²) in [6.07, 6.45) is 6.38. The summed E-state index contributed by atoms with van der Waals surface area (Å²) < 4.78 is 14.8. The lowest BCUT2D eigenvalue weighted by Crippen LogP contribution is -2.27. The molecule has 0 atom stereocenters. The third kappa shape index (κ3) is 4.86. The van der Waals surface area contributed by atoms with E-state index in [1.54, 1.807) is 74.0 Å². The zero-order valence-electron chi connectivity index (χ0n) is 17.8. The van der Waals surface area contributed by atoms with Gasteiger partial charge in [0.2, 0.25) is 0 Å². The summed E-state index contributed by atoms with van der Waals surface area (Å²) in [5.41, 5.74) is 1.64. The molecule has 2 aromatic carbocycles. The molecule has 0 aromatic heterocycles. The molecule has 2 aromatic rings. The second kappa shape index (κ2) is 10.1. The van der Waals surface area contributed by atoms with Gasteiger partial charge < -0.3 is 24.4 Å². The van der Waals surface area contributed by atoms with Crippen LogP contribution in [0.1, 0.15) is 10.4 Å². The fraction of sp³-hybridized carbons (Fsp3) is 0.125. The standard InChI is InChI=1S/C24H22N2O6/c1-30-19-13-9-17(10-14-19)25-22(27)16-7-11-18(12-8-16)26-15-5-4-6-20(23(28)31-2)21(26)24(29)32-3/h4-15H,1-3H3,(H,25,27). The van der Waals surface area contributed by atoms with Crippen LogP contribution in [0.4, 0.5) is 11.4 Å². The van der Waals surface area contributed by atoms with Gasteiger partial charge >= 0.3 is 11.9 Å². The fourth-order valence-corrected chi connectivity index (χ4v) is 3.02. The van der Waals surface area contributed by atoms with Gasteiger partial charge in [0.25, 0.3) is 5.91 Å². The zero-order chi connectivity index (χ0) is 23.1. The number of carbonyl (C=O) groups is 3. The Balaban J connectivity index is 1.88. The summed E-state index contributed by atoms with van der Waals surface area (Å²) in [5.74, 6) is -0.990. The van der Waals surface area contributed by atoms with Crippen molar-refractivity contribution in [3.8, 4) is 5.75 Å². The maximum atomic E-state index is 12.6. The number of ether oxygens (including phenoxy) is 3. The Morgan fingerprint density at radius 2 is 1.47 bits per heavy atom. The van der Waals surface area contributed by atoms with Gasteiger partial charge in [0.1, 0.15) is 11.4 Å². The summed E-state index contributed by atoms with van der Waals surface area (Å²) in [5, 5.41) is 2.81. The molecule has 1 heterocycles. The maximum Gasteiger partial charge on any atom is 0.355 e. The lowest BCUT2D eigenvalue weighted by atomic mass is 10.1. The van der Waals surface area contributed by atoms with Crippen LogP contribution in [0.2, 0.25) is 0 Å². The molecule has 0 bridgehead atoms. The lowest BCUT2D eigenvalue weighted by Gasteiger charge is -2.23. The number of nitrogens with zero attached hydrogens (tertiary/aromatic N) is 1. The van der Waals surface area contributed by atoms with Crippen LogP contribution in [0.5, 0.6) is 5.75 Å². The van der Waals surface area contributed by atoms with Gasteiger partial charge in [0, 0.05) is 23.1 Å². The fourth-order valence-electron chi connectivity index (χ4n) is 3.02. The monoisotopic (exact) mass is 434 g/mol. The van der Waals surface area contributed by atoms with Crippen molar-refractivity contribution in [1.82, 2.24) is 0 Å². The number of hydrogen-bond acceptors (Lipinski definition) is 7. The van der Waals surface area contributed by atoms with Gasteiger partial charge in [0.05, 0.1) is 26.9 Å². The number of methoxy groups -OCH3 is 3. The number of amides is 1. The molecule has 1 amide bonds. The van der Waals surface area contributed by atoms with Crippen molar-refractivity contribution in [2.24, 2.45) is 0 Å². The smallest absolute Gasteiger partial charge is 0.355 e. The van der Waals surface area contributed by atoms with Gasteiger partial charge in [0.15, 0.2) is 0 Å². The van der Waals surface area contributed by atoms with Crippen LogP contribution in [0.15, 0.2) is 84.2 Å². The maximum absolute atomic E-state index is 12.6. The minimum atomic E-state index is -0.706. The van der Waals surface area contributed by atoms with Gasteiger partial charge in [-0.25, -0.2) is 9.59 Å². The van der Waals surface area contributed by atoms with Crippen molar-refractivity contribution in [3.05, 3.63) is 89.8 Å². The Kier molecular flexibility index (Phi) is 7.07. The highest BCUT2D eigenvalue weighted by molar-refractivity contribution is 6.06. The van der Waals surface area contributed by atoms with E-state index in [1.807, 2.05) is 0 Å². The predicted octanol–water partition coefficient (Wildman–Crippen LogP) is 3.44. The highest BCUT2D eigenvalue weighted by Crippen LogP contribution is 2.27. The molecule has 32 heavy (non-hydrogen) atoms. The van der Waals surface area contributed by atoms with Crippen molar-refractivity contribution < 1.29 is 28.6 Å². The topological polar surface area (TPSA) is 94.2 Å². The molecule has 1 aliphatic heterocycles. The van der Waals surface area contributed by atoms with E-state index in [9.17, 15) is 14.4 Å². The summed E-state index contributed by atoms with van der Waals surface area (Å²) >= 11 is 0. The lowest BCUT2D eigenvalue weighted by molar-refractivity contribution is -0.139. The predicted molar refractivity (Wildman–Crippen MR) is 119 cm³/mol. The number of esters is 2. The molecule has 0 unspecified atom stereocenters. The Labute approximate surface area is 185 Å². The molecule has 164 valence electrons. The Bertz CT molecular complexity index is 1100. The molecule has 0 aliphatic carbocycles. The van der Waals surface area contributed by atoms with E-state index in [4.69, 9.17) is 14.2 Å². The summed E-state index contributed by atoms with van der Waals surface area (Å²) in [4.78, 5) is 38.8. The first kappa shape index (κ1) is 22.4. The van der Waals surface area contributed by atoms with Crippen LogP contribution in [0.25, 0.3) is 0 Å². The van der Waals surface area contributed by atoms with Gasteiger partial charge in [-0.1, -0.05) is 6.08 Å². The van der Waals surface area contributed by atoms with Crippen molar-refractivity contribution in [2.75, 3.05) is 31.5 Å². The van der Waals surface area contributed by atoms with Crippen molar-refractivity contribution in [3.63, 3.8) is 0 Å². The number of nitrogens with one attached hydrogen (secondary N) is 1. The molecule has 0 radical (unpaired) electrons. The Hall–Kier alpha value is -4.33. The van der Waals surface area contributed by atoms with Crippen molar-refractivity contribution in [2.45, 2.75) is 0 Å². The number of anilines is 2. The van der Waals surface area contributed by atoms with Crippen LogP contribution in [-0.2, 0) is 19.1 Å². The summed E-state index contributed by atoms with van der Waals surface area (Å²) in [6.45, 7) is 0. The molecule has 1 N–H and O–H groups in total. The van der Waals surface area contributed by atoms with Crippen molar-refractivity contribution in [1.29, 1.82) is 0 Å². The molecule has 8 heteroatoms. The Morgan fingerprint density at radius 1 is 0.812 bits per heavy atom. The molecule has 0 fully saturated rings. The quantitative estimate of drug-likeness (QED) is 0.696. The normalized spacial score (nSPS) is 12.8. The third-order valence-corrected chi connectivity index (χ3v) is 4.64. The number of rotatable bonds is 6. The van der Waals surface area contributed by atoms with Crippen LogP contribution >= 0.6 is 0 Å². The minimum absolute atomic E-state index is 0.000200. The molecule has 0 saturated carbocycles. The highest BCUT2D eigenvalue weighted by atomic mass is 16.5. The molecule has 8 nitrogen and oxygen atoms in total. The second-order valence-corrected chi connectivity index (χ2v) is 6.55. The molecular formula is C24H22N2O6. The number of carbonyl (C=O) groups excluding carboxylic acids is 3. The highest BCUT2D eigenvalue weighted by Gasteiger charge is 2.27. The average Bonchev–Trinajstić information content (AvgIpc) is 3.06. The van der Waals surface area contributed by atoms with Gasteiger partial charge in [-0.3, -0.25) is 4.79 Å². The van der Waals surface area contributed by atoms with Crippen LogP contribution in [0, 0.1) is 0 Å². The molecule has 0 saturated heterocycles. The van der Waals surface area contributed by atoms with Crippen LogP contribution < -0.4 is 15.0 Å². The van der Waals surface area contributed by atoms with E-state index in [0.29, 0.717) is 22.7 Å². The van der Waals surface area contributed by atoms with E-state index >= 15 is 0 Å². The van der Waals surface area contributed by atoms with E-state index in [1.165, 1.54) is 25.2 Å². The van der Waals surface area contributed by atoms with E-state index in [0.717, 1.165) is 0 Å². The first-order valence-corrected chi connectivity index (χ1v) is 9.59. The van der Waals surface area contributed by atoms with Gasteiger partial charge in [-0.2, -0.15) is 0 Å². The average molecular weight is 434 g/mol. The van der Waals surface area contributed by atoms with E-state index in [-0.39, 0.29) is 17.2 Å². The number of hydrogen-bond donors (Lipinski definition) is 1. The Morgan fingerprint density at radius 3 is 2.06 bits per heavy atom. The number of benzene rings is 2. The molecule has 1 aliphatic rings. The summed E-state index contributed by atoms with van der Waals surface area (Å²) in [7, 11) is 4.03. The van der Waals surface area contributed by atoms with Gasteiger partial charge in [-0.15, -0.1) is 0 Å². The SMILES string of the molecule is COC(=O)C1=C(C(=O)OC)N(c2ccc(C(=O)Nc3ccc(OC)cc3)cc2)C=CC=C1.